The van der Waals surface area contributed by atoms with Crippen molar-refractivity contribution < 1.29 is 13.2 Å². The molecule has 2 fully saturated rings. The van der Waals surface area contributed by atoms with Gasteiger partial charge in [-0.25, -0.2) is 8.42 Å². The highest BCUT2D eigenvalue weighted by Gasteiger charge is 2.45. The molecule has 3 atom stereocenters. The Kier molecular flexibility index (Phi) is 5.21. The van der Waals surface area contributed by atoms with Gasteiger partial charge in [-0.15, -0.1) is 12.4 Å². The lowest BCUT2D eigenvalue weighted by Gasteiger charge is -2.20. The van der Waals surface area contributed by atoms with E-state index in [9.17, 15) is 8.42 Å². The average Bonchev–Trinajstić information content (AvgIpc) is 3.09. The number of sulfonamides is 1. The summed E-state index contributed by atoms with van der Waals surface area (Å²) < 4.78 is 32.4. The second kappa shape index (κ2) is 6.65. The molecule has 1 saturated heterocycles. The van der Waals surface area contributed by atoms with Crippen molar-refractivity contribution in [3.05, 3.63) is 23.8 Å². The van der Waals surface area contributed by atoms with Crippen molar-refractivity contribution in [1.29, 1.82) is 5.26 Å². The third-order valence-corrected chi connectivity index (χ3v) is 6.66. The van der Waals surface area contributed by atoms with Gasteiger partial charge in [0.1, 0.15) is 10.6 Å². The summed E-state index contributed by atoms with van der Waals surface area (Å²) in [7, 11) is -2.22. The van der Waals surface area contributed by atoms with E-state index in [4.69, 9.17) is 15.7 Å². The number of benzene rings is 1. The summed E-state index contributed by atoms with van der Waals surface area (Å²) in [6.45, 7) is 0.987. The zero-order valence-electron chi connectivity index (χ0n) is 12.8. The lowest BCUT2D eigenvalue weighted by atomic mass is 9.98. The number of ether oxygens (including phenoxy) is 1. The molecular formula is C15H20ClN3O3S. The van der Waals surface area contributed by atoms with E-state index in [-0.39, 0.29) is 35.0 Å². The minimum atomic E-state index is -3.63. The summed E-state index contributed by atoms with van der Waals surface area (Å²) in [6.07, 6.45) is 1.96. The van der Waals surface area contributed by atoms with Crippen LogP contribution >= 0.6 is 12.4 Å². The molecule has 1 heterocycles. The SMILES string of the molecule is COc1cc(C#N)ccc1S(=O)(=O)N1CC2CCC(N)C2C1.Cl. The standard InChI is InChI=1S/C15H19N3O3S.ClH/c1-21-14-6-10(7-16)2-5-15(14)22(19,20)18-8-11-3-4-13(17)12(11)9-18;/h2,5-6,11-13H,3-4,8-9,17H2,1H3;1H. The number of fused-ring (bicyclic) bond motifs is 1. The fourth-order valence-corrected chi connectivity index (χ4v) is 5.22. The molecule has 0 radical (unpaired) electrons. The maximum absolute atomic E-state index is 12.9. The molecule has 1 aliphatic heterocycles. The first kappa shape index (κ1) is 18.0. The first-order valence-corrected chi connectivity index (χ1v) is 8.75. The van der Waals surface area contributed by atoms with E-state index in [0.29, 0.717) is 24.6 Å². The third kappa shape index (κ3) is 3.04. The van der Waals surface area contributed by atoms with Gasteiger partial charge < -0.3 is 10.5 Å². The summed E-state index contributed by atoms with van der Waals surface area (Å²) in [5.74, 6) is 0.814. The Morgan fingerprint density at radius 2 is 2.09 bits per heavy atom. The highest BCUT2D eigenvalue weighted by atomic mass is 35.5. The van der Waals surface area contributed by atoms with Gasteiger partial charge in [-0.05, 0) is 42.9 Å². The Bertz CT molecular complexity index is 732. The monoisotopic (exact) mass is 357 g/mol. The van der Waals surface area contributed by atoms with Gasteiger partial charge >= 0.3 is 0 Å². The molecule has 1 aromatic rings. The third-order valence-electron chi connectivity index (χ3n) is 4.79. The lowest BCUT2D eigenvalue weighted by Crippen LogP contribution is -2.33. The summed E-state index contributed by atoms with van der Waals surface area (Å²) >= 11 is 0. The van der Waals surface area contributed by atoms with Crippen LogP contribution in [0.5, 0.6) is 5.75 Å². The second-order valence-electron chi connectivity index (χ2n) is 5.96. The summed E-state index contributed by atoms with van der Waals surface area (Å²) in [5.41, 5.74) is 6.45. The van der Waals surface area contributed by atoms with Crippen LogP contribution in [0.2, 0.25) is 0 Å². The number of methoxy groups -OCH3 is 1. The molecule has 0 amide bonds. The summed E-state index contributed by atoms with van der Waals surface area (Å²) in [4.78, 5) is 0.113. The number of nitrogens with zero attached hydrogens (tertiary/aromatic N) is 2. The van der Waals surface area contributed by atoms with Crippen molar-refractivity contribution in [2.24, 2.45) is 17.6 Å². The zero-order valence-corrected chi connectivity index (χ0v) is 14.4. The number of nitrogens with two attached hydrogens (primary N) is 1. The number of rotatable bonds is 3. The molecule has 0 bridgehead atoms. The Morgan fingerprint density at radius 3 is 2.70 bits per heavy atom. The minimum Gasteiger partial charge on any atom is -0.495 e. The van der Waals surface area contributed by atoms with Crippen LogP contribution in [-0.4, -0.2) is 39.0 Å². The van der Waals surface area contributed by atoms with E-state index in [1.54, 1.807) is 0 Å². The van der Waals surface area contributed by atoms with Gasteiger partial charge in [0.2, 0.25) is 10.0 Å². The predicted molar refractivity (Wildman–Crippen MR) is 87.9 cm³/mol. The van der Waals surface area contributed by atoms with Crippen LogP contribution in [0, 0.1) is 23.2 Å². The molecule has 3 unspecified atom stereocenters. The van der Waals surface area contributed by atoms with Gasteiger partial charge in [-0.2, -0.15) is 9.57 Å². The molecule has 1 aliphatic carbocycles. The quantitative estimate of drug-likeness (QED) is 0.880. The van der Waals surface area contributed by atoms with Crippen LogP contribution in [0.3, 0.4) is 0 Å². The summed E-state index contributed by atoms with van der Waals surface area (Å²) in [5, 5.41) is 8.92. The molecule has 2 aliphatic rings. The molecule has 1 saturated carbocycles. The fourth-order valence-electron chi connectivity index (χ4n) is 3.55. The average molecular weight is 358 g/mol. The maximum Gasteiger partial charge on any atom is 0.246 e. The lowest BCUT2D eigenvalue weighted by molar-refractivity contribution is 0.394. The Hall–Kier alpha value is -1.33. The predicted octanol–water partition coefficient (Wildman–Crippen LogP) is 1.35. The molecule has 8 heteroatoms. The smallest absolute Gasteiger partial charge is 0.246 e. The highest BCUT2D eigenvalue weighted by Crippen LogP contribution is 2.40. The molecule has 3 rings (SSSR count). The van der Waals surface area contributed by atoms with E-state index in [1.807, 2.05) is 6.07 Å². The molecule has 23 heavy (non-hydrogen) atoms. The van der Waals surface area contributed by atoms with Crippen LogP contribution in [0.15, 0.2) is 23.1 Å². The van der Waals surface area contributed by atoms with Crippen molar-refractivity contribution in [3.63, 3.8) is 0 Å². The van der Waals surface area contributed by atoms with E-state index >= 15 is 0 Å². The van der Waals surface area contributed by atoms with Crippen LogP contribution < -0.4 is 10.5 Å². The van der Waals surface area contributed by atoms with Crippen LogP contribution in [0.4, 0.5) is 0 Å². The van der Waals surface area contributed by atoms with Crippen molar-refractivity contribution in [3.8, 4) is 11.8 Å². The van der Waals surface area contributed by atoms with E-state index in [2.05, 4.69) is 0 Å². The van der Waals surface area contributed by atoms with Crippen LogP contribution in [0.1, 0.15) is 18.4 Å². The van der Waals surface area contributed by atoms with Gasteiger partial charge in [0.25, 0.3) is 0 Å². The normalized spacial score (nSPS) is 27.1. The highest BCUT2D eigenvalue weighted by molar-refractivity contribution is 7.89. The number of nitriles is 1. The van der Waals surface area contributed by atoms with Gasteiger partial charge in [-0.3, -0.25) is 0 Å². The first-order chi connectivity index (χ1) is 10.5. The van der Waals surface area contributed by atoms with E-state index in [1.165, 1.54) is 29.6 Å². The molecule has 126 valence electrons. The molecule has 2 N–H and O–H groups in total. The Labute approximate surface area is 142 Å². The van der Waals surface area contributed by atoms with Crippen LogP contribution in [0.25, 0.3) is 0 Å². The van der Waals surface area contributed by atoms with Gasteiger partial charge in [0.15, 0.2) is 0 Å². The number of hydrogen-bond acceptors (Lipinski definition) is 5. The van der Waals surface area contributed by atoms with Crippen molar-refractivity contribution in [2.75, 3.05) is 20.2 Å². The fraction of sp³-hybridized carbons (Fsp3) is 0.533. The van der Waals surface area contributed by atoms with Gasteiger partial charge in [-0.1, -0.05) is 0 Å². The van der Waals surface area contributed by atoms with E-state index in [0.717, 1.165) is 12.8 Å². The maximum atomic E-state index is 12.9. The number of halogens is 1. The topological polar surface area (TPSA) is 96.4 Å². The second-order valence-corrected chi connectivity index (χ2v) is 7.87. The van der Waals surface area contributed by atoms with Crippen molar-refractivity contribution in [1.82, 2.24) is 4.31 Å². The molecule has 1 aromatic carbocycles. The van der Waals surface area contributed by atoms with E-state index < -0.39 is 10.0 Å². The minimum absolute atomic E-state index is 0. The van der Waals surface area contributed by atoms with Crippen molar-refractivity contribution >= 4 is 22.4 Å². The summed E-state index contributed by atoms with van der Waals surface area (Å²) in [6, 6.07) is 6.47. The Balaban J connectivity index is 0.00000192. The Morgan fingerprint density at radius 1 is 1.35 bits per heavy atom. The zero-order chi connectivity index (χ0) is 15.9. The molecule has 0 spiro atoms. The van der Waals surface area contributed by atoms with Crippen LogP contribution in [-0.2, 0) is 10.0 Å². The number of hydrogen-bond donors (Lipinski definition) is 1. The largest absolute Gasteiger partial charge is 0.495 e. The molecular weight excluding hydrogens is 338 g/mol. The van der Waals surface area contributed by atoms with Gasteiger partial charge in [0.05, 0.1) is 18.7 Å². The molecule has 6 nitrogen and oxygen atoms in total. The van der Waals surface area contributed by atoms with Crippen molar-refractivity contribution in [2.45, 2.75) is 23.8 Å². The molecule has 0 aromatic heterocycles. The first-order valence-electron chi connectivity index (χ1n) is 7.31. The van der Waals surface area contributed by atoms with Gasteiger partial charge in [0, 0.05) is 19.1 Å².